The van der Waals surface area contributed by atoms with E-state index in [9.17, 15) is 0 Å². The van der Waals surface area contributed by atoms with Crippen LogP contribution in [0.15, 0.2) is 0 Å². The molecule has 2 atom stereocenters. The summed E-state index contributed by atoms with van der Waals surface area (Å²) in [4.78, 5) is 0. The van der Waals surface area contributed by atoms with E-state index in [4.69, 9.17) is 20.3 Å². The van der Waals surface area contributed by atoms with Crippen LogP contribution in [-0.4, -0.2) is 34.9 Å². The van der Waals surface area contributed by atoms with Crippen LogP contribution in [0, 0.1) is 0 Å². The van der Waals surface area contributed by atoms with Gasteiger partial charge in [-0.15, -0.1) is 0 Å². The summed E-state index contributed by atoms with van der Waals surface area (Å²) in [6.07, 6.45) is 2.04. The maximum atomic E-state index is 5.91. The second-order valence-electron chi connectivity index (χ2n) is 3.74. The molecule has 0 aliphatic heterocycles. The molecule has 2 unspecified atom stereocenters. The van der Waals surface area contributed by atoms with Crippen LogP contribution in [-0.2, 0) is 8.85 Å². The Morgan fingerprint density at radius 3 is 2.36 bits per heavy atom. The zero-order chi connectivity index (χ0) is 11.0. The zero-order valence-corrected chi connectivity index (χ0v) is 10.6. The molecule has 0 radical (unpaired) electrons. The zero-order valence-electron chi connectivity index (χ0n) is 9.58. The van der Waals surface area contributed by atoms with Gasteiger partial charge in [-0.2, -0.15) is 0 Å². The van der Waals surface area contributed by atoms with E-state index in [1.54, 1.807) is 7.11 Å². The SMILES string of the molecule is CO[Si](C)(CCCN)OC(C)CCN. The third-order valence-corrected chi connectivity index (χ3v) is 5.32. The summed E-state index contributed by atoms with van der Waals surface area (Å²) in [6.45, 7) is 5.47. The molecule has 0 saturated carbocycles. The topological polar surface area (TPSA) is 70.5 Å². The Morgan fingerprint density at radius 2 is 1.93 bits per heavy atom. The highest BCUT2D eigenvalue weighted by Crippen LogP contribution is 2.17. The summed E-state index contributed by atoms with van der Waals surface area (Å²) < 4.78 is 11.4. The molecule has 0 amide bonds. The van der Waals surface area contributed by atoms with E-state index in [-0.39, 0.29) is 6.10 Å². The summed E-state index contributed by atoms with van der Waals surface area (Å²) in [5.74, 6) is 0. The number of hydrogen-bond donors (Lipinski definition) is 2. The van der Waals surface area contributed by atoms with Crippen molar-refractivity contribution >= 4 is 8.56 Å². The van der Waals surface area contributed by atoms with Gasteiger partial charge in [0.2, 0.25) is 0 Å². The molecule has 0 fully saturated rings. The van der Waals surface area contributed by atoms with Crippen molar-refractivity contribution in [2.75, 3.05) is 20.2 Å². The Labute approximate surface area is 88.2 Å². The molecule has 0 spiro atoms. The molecule has 0 aromatic carbocycles. The van der Waals surface area contributed by atoms with Gasteiger partial charge in [0.1, 0.15) is 0 Å². The van der Waals surface area contributed by atoms with Crippen molar-refractivity contribution in [1.82, 2.24) is 0 Å². The molecule has 14 heavy (non-hydrogen) atoms. The monoisotopic (exact) mass is 220 g/mol. The predicted molar refractivity (Wildman–Crippen MR) is 61.3 cm³/mol. The highest BCUT2D eigenvalue weighted by Gasteiger charge is 2.31. The smallest absolute Gasteiger partial charge is 0.334 e. The van der Waals surface area contributed by atoms with Crippen LogP contribution in [0.2, 0.25) is 12.6 Å². The average Bonchev–Trinajstić information content (AvgIpc) is 2.15. The van der Waals surface area contributed by atoms with E-state index in [1.807, 2.05) is 6.92 Å². The molecular formula is C9H24N2O2Si. The lowest BCUT2D eigenvalue weighted by Crippen LogP contribution is -2.41. The first-order chi connectivity index (χ1) is 6.58. The summed E-state index contributed by atoms with van der Waals surface area (Å²) in [5.41, 5.74) is 10.9. The van der Waals surface area contributed by atoms with E-state index in [1.165, 1.54) is 0 Å². The summed E-state index contributed by atoms with van der Waals surface area (Å²) >= 11 is 0. The van der Waals surface area contributed by atoms with Gasteiger partial charge in [-0.05, 0) is 45.4 Å². The van der Waals surface area contributed by atoms with Gasteiger partial charge in [0.05, 0.1) is 0 Å². The first-order valence-electron chi connectivity index (χ1n) is 5.21. The van der Waals surface area contributed by atoms with Crippen LogP contribution in [0.25, 0.3) is 0 Å². The van der Waals surface area contributed by atoms with Gasteiger partial charge >= 0.3 is 8.56 Å². The molecule has 0 aliphatic carbocycles. The van der Waals surface area contributed by atoms with Crippen LogP contribution in [0.1, 0.15) is 19.8 Å². The first kappa shape index (κ1) is 14.1. The minimum Gasteiger partial charge on any atom is -0.398 e. The van der Waals surface area contributed by atoms with Gasteiger partial charge in [-0.1, -0.05) is 0 Å². The van der Waals surface area contributed by atoms with Crippen LogP contribution in [0.3, 0.4) is 0 Å². The average molecular weight is 220 g/mol. The number of hydrogen-bond acceptors (Lipinski definition) is 4. The maximum Gasteiger partial charge on any atom is 0.334 e. The molecule has 86 valence electrons. The van der Waals surface area contributed by atoms with Crippen molar-refractivity contribution in [2.45, 2.75) is 38.5 Å². The Morgan fingerprint density at radius 1 is 1.29 bits per heavy atom. The predicted octanol–water partition coefficient (Wildman–Crippen LogP) is 0.808. The second-order valence-corrected chi connectivity index (χ2v) is 7.15. The fourth-order valence-electron chi connectivity index (χ4n) is 1.35. The fraction of sp³-hybridized carbons (Fsp3) is 1.00. The van der Waals surface area contributed by atoms with Crippen LogP contribution in [0.5, 0.6) is 0 Å². The quantitative estimate of drug-likeness (QED) is 0.594. The molecule has 4 N–H and O–H groups in total. The second kappa shape index (κ2) is 7.36. The molecule has 4 nitrogen and oxygen atoms in total. The van der Waals surface area contributed by atoms with E-state index in [0.717, 1.165) is 18.9 Å². The van der Waals surface area contributed by atoms with Gasteiger partial charge in [0.15, 0.2) is 0 Å². The summed E-state index contributed by atoms with van der Waals surface area (Å²) in [7, 11) is -0.260. The number of nitrogens with two attached hydrogens (primary N) is 2. The highest BCUT2D eigenvalue weighted by molar-refractivity contribution is 6.66. The van der Waals surface area contributed by atoms with Gasteiger partial charge < -0.3 is 20.3 Å². The summed E-state index contributed by atoms with van der Waals surface area (Å²) in [6, 6.07) is 0.953. The minimum atomic E-state index is -1.98. The third-order valence-electron chi connectivity index (χ3n) is 2.29. The molecule has 0 aromatic rings. The van der Waals surface area contributed by atoms with Crippen molar-refractivity contribution in [1.29, 1.82) is 0 Å². The molecule has 0 heterocycles. The summed E-state index contributed by atoms with van der Waals surface area (Å²) in [5, 5.41) is 0. The van der Waals surface area contributed by atoms with Gasteiger partial charge in [-0.3, -0.25) is 0 Å². The van der Waals surface area contributed by atoms with Crippen molar-refractivity contribution < 1.29 is 8.85 Å². The van der Waals surface area contributed by atoms with Gasteiger partial charge in [0.25, 0.3) is 0 Å². The maximum absolute atomic E-state index is 5.91. The lowest BCUT2D eigenvalue weighted by molar-refractivity contribution is 0.140. The minimum absolute atomic E-state index is 0.189. The molecular weight excluding hydrogens is 196 g/mol. The first-order valence-corrected chi connectivity index (χ1v) is 7.73. The van der Waals surface area contributed by atoms with Crippen LogP contribution < -0.4 is 11.5 Å². The molecule has 0 saturated heterocycles. The van der Waals surface area contributed by atoms with Crippen molar-refractivity contribution in [3.8, 4) is 0 Å². The fourth-order valence-corrected chi connectivity index (χ4v) is 3.59. The van der Waals surface area contributed by atoms with E-state index >= 15 is 0 Å². The lowest BCUT2D eigenvalue weighted by Gasteiger charge is -2.28. The Balaban J connectivity index is 3.96. The largest absolute Gasteiger partial charge is 0.398 e. The third kappa shape index (κ3) is 5.72. The molecule has 0 aromatic heterocycles. The Hall–Kier alpha value is 0.0569. The molecule has 5 heteroatoms. The van der Waals surface area contributed by atoms with Crippen molar-refractivity contribution in [3.63, 3.8) is 0 Å². The normalized spacial score (nSPS) is 17.8. The molecule has 0 aliphatic rings. The standard InChI is InChI=1S/C9H24N2O2Si/c1-9(5-7-11)13-14(3,12-2)8-4-6-10/h9H,4-8,10-11H2,1-3H3. The van der Waals surface area contributed by atoms with Gasteiger partial charge in [0, 0.05) is 13.2 Å². The van der Waals surface area contributed by atoms with Crippen molar-refractivity contribution in [3.05, 3.63) is 0 Å². The van der Waals surface area contributed by atoms with Gasteiger partial charge in [-0.25, -0.2) is 0 Å². The molecule has 0 bridgehead atoms. The highest BCUT2D eigenvalue weighted by atomic mass is 28.4. The molecule has 0 rings (SSSR count). The Bertz CT molecular complexity index is 149. The lowest BCUT2D eigenvalue weighted by atomic mass is 10.3. The van der Waals surface area contributed by atoms with Crippen LogP contribution >= 0.6 is 0 Å². The van der Waals surface area contributed by atoms with E-state index in [0.29, 0.717) is 13.1 Å². The number of rotatable bonds is 8. The Kier molecular flexibility index (Phi) is 7.39. The van der Waals surface area contributed by atoms with E-state index < -0.39 is 8.56 Å². The van der Waals surface area contributed by atoms with E-state index in [2.05, 4.69) is 6.55 Å². The van der Waals surface area contributed by atoms with Crippen LogP contribution in [0.4, 0.5) is 0 Å². The van der Waals surface area contributed by atoms with Crippen molar-refractivity contribution in [2.24, 2.45) is 11.5 Å².